The van der Waals surface area contributed by atoms with Crippen molar-refractivity contribution in [2.75, 3.05) is 31.6 Å². The third-order valence-corrected chi connectivity index (χ3v) is 6.28. The summed E-state index contributed by atoms with van der Waals surface area (Å²) in [5.74, 6) is -0.804. The number of nitrogens with zero attached hydrogens (tertiary/aromatic N) is 5. The summed E-state index contributed by atoms with van der Waals surface area (Å²) in [5.41, 5.74) is 0.392. The zero-order chi connectivity index (χ0) is 23.8. The number of halogens is 3. The van der Waals surface area contributed by atoms with Crippen LogP contribution in [0.5, 0.6) is 6.01 Å². The lowest BCUT2D eigenvalue weighted by atomic mass is 10.0. The van der Waals surface area contributed by atoms with Crippen molar-refractivity contribution in [2.45, 2.75) is 12.5 Å². The molecule has 1 atom stereocenters. The van der Waals surface area contributed by atoms with Gasteiger partial charge in [-0.05, 0) is 11.5 Å². The van der Waals surface area contributed by atoms with Crippen LogP contribution in [0.2, 0.25) is 5.02 Å². The largest absolute Gasteiger partial charge is 0.467 e. The molecule has 0 saturated carbocycles. The molecule has 0 spiro atoms. The fourth-order valence-corrected chi connectivity index (χ4v) is 4.59. The molecule has 0 amide bonds. The van der Waals surface area contributed by atoms with Gasteiger partial charge in [0.25, 0.3) is 0 Å². The topological polar surface area (TPSA) is 87.0 Å². The molecule has 1 saturated heterocycles. The molecule has 5 rings (SSSR count). The van der Waals surface area contributed by atoms with Crippen LogP contribution in [0.1, 0.15) is 6.42 Å². The van der Waals surface area contributed by atoms with Gasteiger partial charge in [-0.3, -0.25) is 4.98 Å². The lowest BCUT2D eigenvalue weighted by Crippen LogP contribution is -2.51. The molecule has 1 N–H and O–H groups in total. The Labute approximate surface area is 199 Å². The summed E-state index contributed by atoms with van der Waals surface area (Å²) in [6.07, 6.45) is 1.85. The Bertz CT molecular complexity index is 1460. The quantitative estimate of drug-likeness (QED) is 0.461. The van der Waals surface area contributed by atoms with E-state index >= 15 is 4.39 Å². The van der Waals surface area contributed by atoms with Crippen LogP contribution < -0.4 is 15.0 Å². The maximum atomic E-state index is 16.0. The Hall–Kier alpha value is -3.61. The van der Waals surface area contributed by atoms with Gasteiger partial charge in [0.1, 0.15) is 22.8 Å². The minimum Gasteiger partial charge on any atom is -0.467 e. The minimum atomic E-state index is -0.684. The molecule has 172 valence electrons. The van der Waals surface area contributed by atoms with E-state index in [0.29, 0.717) is 53.6 Å². The molecule has 3 heterocycles. The van der Waals surface area contributed by atoms with Gasteiger partial charge >= 0.3 is 6.01 Å². The number of nitrogens with one attached hydrogen (secondary N) is 1. The van der Waals surface area contributed by atoms with Crippen LogP contribution in [-0.4, -0.2) is 47.7 Å². The zero-order valence-electron chi connectivity index (χ0n) is 18.1. The zero-order valence-corrected chi connectivity index (χ0v) is 18.9. The van der Waals surface area contributed by atoms with Crippen LogP contribution in [-0.2, 0) is 0 Å². The van der Waals surface area contributed by atoms with Gasteiger partial charge in [0, 0.05) is 42.8 Å². The van der Waals surface area contributed by atoms with E-state index in [0.717, 1.165) is 0 Å². The monoisotopic (exact) mass is 480 g/mol. The molecule has 7 nitrogen and oxygen atoms in total. The minimum absolute atomic E-state index is 0.0000269. The average Bonchev–Trinajstić information content (AvgIpc) is 2.86. The van der Waals surface area contributed by atoms with Crippen LogP contribution in [0.3, 0.4) is 0 Å². The second-order valence-electron chi connectivity index (χ2n) is 7.94. The molecule has 0 aliphatic carbocycles. The second kappa shape index (κ2) is 8.97. The first-order chi connectivity index (χ1) is 16.5. The molecule has 1 fully saturated rings. The molecule has 0 radical (unpaired) electrons. The molecule has 1 aliphatic rings. The van der Waals surface area contributed by atoms with Crippen molar-refractivity contribution in [1.82, 2.24) is 20.3 Å². The summed E-state index contributed by atoms with van der Waals surface area (Å²) in [6, 6.07) is 10.2. The number of hydrogen-bond acceptors (Lipinski definition) is 7. The Morgan fingerprint density at radius 3 is 2.91 bits per heavy atom. The first kappa shape index (κ1) is 22.2. The number of rotatable bonds is 4. The van der Waals surface area contributed by atoms with E-state index in [-0.39, 0.29) is 28.3 Å². The standard InChI is InChI=1S/C24H19ClF2N6O/c1-34-24-31-22-16(23(32-24)33-10-9-29-14(12-33)7-8-28)11-30-21(20(22)27)15-4-2-3-13-5-6-17(26)19(25)18(13)15/h2-6,11,14,29H,7,9-10,12H2,1H3/t14-/m0/s1. The van der Waals surface area contributed by atoms with Crippen molar-refractivity contribution < 1.29 is 13.5 Å². The van der Waals surface area contributed by atoms with E-state index < -0.39 is 11.6 Å². The molecule has 0 unspecified atom stereocenters. The van der Waals surface area contributed by atoms with Crippen molar-refractivity contribution in [1.29, 1.82) is 5.26 Å². The van der Waals surface area contributed by atoms with Gasteiger partial charge in [-0.1, -0.05) is 35.9 Å². The third-order valence-electron chi connectivity index (χ3n) is 5.91. The number of ether oxygens (including phenoxy) is 1. The lowest BCUT2D eigenvalue weighted by Gasteiger charge is -2.34. The Balaban J connectivity index is 1.70. The van der Waals surface area contributed by atoms with Gasteiger partial charge in [-0.2, -0.15) is 15.2 Å². The summed E-state index contributed by atoms with van der Waals surface area (Å²) in [4.78, 5) is 15.1. The van der Waals surface area contributed by atoms with Crippen molar-refractivity contribution in [3.63, 3.8) is 0 Å². The molecule has 1 aliphatic heterocycles. The van der Waals surface area contributed by atoms with Gasteiger partial charge in [0.2, 0.25) is 0 Å². The van der Waals surface area contributed by atoms with Crippen molar-refractivity contribution in [3.05, 3.63) is 53.2 Å². The Morgan fingerprint density at radius 1 is 1.26 bits per heavy atom. The van der Waals surface area contributed by atoms with Gasteiger partial charge < -0.3 is 15.0 Å². The maximum Gasteiger partial charge on any atom is 0.318 e. The van der Waals surface area contributed by atoms with Crippen LogP contribution in [0.4, 0.5) is 14.6 Å². The van der Waals surface area contributed by atoms with E-state index in [1.54, 1.807) is 24.3 Å². The number of anilines is 1. The highest BCUT2D eigenvalue weighted by Crippen LogP contribution is 2.38. The number of methoxy groups -OCH3 is 1. The van der Waals surface area contributed by atoms with Crippen LogP contribution in [0.15, 0.2) is 36.5 Å². The lowest BCUT2D eigenvalue weighted by molar-refractivity contribution is 0.380. The maximum absolute atomic E-state index is 16.0. The Kier molecular flexibility index (Phi) is 5.86. The predicted molar refractivity (Wildman–Crippen MR) is 126 cm³/mol. The van der Waals surface area contributed by atoms with E-state index in [2.05, 4.69) is 26.3 Å². The molecule has 0 bridgehead atoms. The highest BCUT2D eigenvalue weighted by atomic mass is 35.5. The van der Waals surface area contributed by atoms with Crippen molar-refractivity contribution in [3.8, 4) is 23.3 Å². The third kappa shape index (κ3) is 3.75. The SMILES string of the molecule is COc1nc(N2CCN[C@@H](CC#N)C2)c2cnc(-c3cccc4ccc(F)c(Cl)c34)c(F)c2n1. The van der Waals surface area contributed by atoms with Gasteiger partial charge in [0.15, 0.2) is 5.82 Å². The Morgan fingerprint density at radius 2 is 2.12 bits per heavy atom. The molecular weight excluding hydrogens is 462 g/mol. The molecule has 10 heteroatoms. The molecule has 34 heavy (non-hydrogen) atoms. The fraction of sp³-hybridized carbons (Fsp3) is 0.250. The summed E-state index contributed by atoms with van der Waals surface area (Å²) < 4.78 is 35.4. The molecule has 2 aromatic carbocycles. The molecule has 2 aromatic heterocycles. The smallest absolute Gasteiger partial charge is 0.318 e. The summed E-state index contributed by atoms with van der Waals surface area (Å²) >= 11 is 6.26. The predicted octanol–water partition coefficient (Wildman–Crippen LogP) is 4.48. The fourth-order valence-electron chi connectivity index (χ4n) is 4.31. The van der Waals surface area contributed by atoms with Crippen LogP contribution >= 0.6 is 11.6 Å². The van der Waals surface area contributed by atoms with Crippen LogP contribution in [0.25, 0.3) is 32.9 Å². The number of benzene rings is 2. The number of fused-ring (bicyclic) bond motifs is 2. The first-order valence-corrected chi connectivity index (χ1v) is 11.0. The number of piperazine rings is 1. The average molecular weight is 481 g/mol. The van der Waals surface area contributed by atoms with Crippen molar-refractivity contribution in [2.24, 2.45) is 0 Å². The van der Waals surface area contributed by atoms with E-state index in [4.69, 9.17) is 21.6 Å². The second-order valence-corrected chi connectivity index (χ2v) is 8.32. The number of aromatic nitrogens is 3. The highest BCUT2D eigenvalue weighted by molar-refractivity contribution is 6.36. The first-order valence-electron chi connectivity index (χ1n) is 10.6. The van der Waals surface area contributed by atoms with E-state index in [1.165, 1.54) is 19.4 Å². The molecular formula is C24H19ClF2N6O. The highest BCUT2D eigenvalue weighted by Gasteiger charge is 2.26. The number of hydrogen-bond donors (Lipinski definition) is 1. The number of pyridine rings is 1. The summed E-state index contributed by atoms with van der Waals surface area (Å²) in [6.45, 7) is 1.78. The molecule has 4 aromatic rings. The van der Waals surface area contributed by atoms with Gasteiger partial charge in [0.05, 0.1) is 30.0 Å². The summed E-state index contributed by atoms with van der Waals surface area (Å²) in [7, 11) is 1.41. The van der Waals surface area contributed by atoms with Gasteiger partial charge in [-0.25, -0.2) is 8.78 Å². The normalized spacial score (nSPS) is 16.1. The van der Waals surface area contributed by atoms with E-state index in [9.17, 15) is 4.39 Å². The van der Waals surface area contributed by atoms with Gasteiger partial charge in [-0.15, -0.1) is 0 Å². The van der Waals surface area contributed by atoms with Crippen LogP contribution in [0, 0.1) is 23.0 Å². The van der Waals surface area contributed by atoms with Crippen molar-refractivity contribution >= 4 is 39.1 Å². The van der Waals surface area contributed by atoms with E-state index in [1.807, 2.05) is 4.90 Å². The summed E-state index contributed by atoms with van der Waals surface area (Å²) in [5, 5.41) is 13.7. The number of nitriles is 1.